The second-order valence-corrected chi connectivity index (χ2v) is 6.34. The quantitative estimate of drug-likeness (QED) is 0.434. The number of methoxy groups -OCH3 is 3. The lowest BCUT2D eigenvalue weighted by Crippen LogP contribution is -2.32. The number of pyridine rings is 1. The molecule has 1 amide bonds. The maximum Gasteiger partial charge on any atom is 0.295 e. The molecule has 1 aliphatic rings. The Labute approximate surface area is 168 Å². The lowest BCUT2D eigenvalue weighted by atomic mass is 9.95. The summed E-state index contributed by atoms with van der Waals surface area (Å²) in [6.45, 7) is 0.430. The van der Waals surface area contributed by atoms with Gasteiger partial charge in [-0.25, -0.2) is 0 Å². The average Bonchev–Trinajstić information content (AvgIpc) is 3.01. The van der Waals surface area contributed by atoms with Crippen molar-refractivity contribution in [2.75, 3.05) is 34.5 Å². The molecule has 2 heterocycles. The van der Waals surface area contributed by atoms with E-state index in [1.807, 2.05) is 0 Å². The molecule has 0 radical (unpaired) electrons. The molecule has 0 aliphatic carbocycles. The van der Waals surface area contributed by atoms with Gasteiger partial charge in [0.25, 0.3) is 11.7 Å². The zero-order valence-corrected chi connectivity index (χ0v) is 16.4. The maximum absolute atomic E-state index is 12.8. The minimum Gasteiger partial charge on any atom is -0.507 e. The molecule has 1 saturated heterocycles. The molecule has 8 nitrogen and oxygen atoms in total. The number of likely N-dealkylation sites (tertiary alicyclic amines) is 1. The number of nitrogens with zero attached hydrogens (tertiary/aromatic N) is 2. The third kappa shape index (κ3) is 3.79. The van der Waals surface area contributed by atoms with Crippen molar-refractivity contribution in [2.45, 2.75) is 6.04 Å². The van der Waals surface area contributed by atoms with Crippen molar-refractivity contribution in [2.24, 2.45) is 0 Å². The fourth-order valence-corrected chi connectivity index (χ4v) is 3.34. The van der Waals surface area contributed by atoms with E-state index in [4.69, 9.17) is 14.2 Å². The predicted molar refractivity (Wildman–Crippen MR) is 105 cm³/mol. The summed E-state index contributed by atoms with van der Waals surface area (Å²) in [6.07, 6.45) is 3.00. The monoisotopic (exact) mass is 398 g/mol. The van der Waals surface area contributed by atoms with E-state index in [0.717, 1.165) is 0 Å². The third-order valence-electron chi connectivity index (χ3n) is 4.75. The van der Waals surface area contributed by atoms with Gasteiger partial charge < -0.3 is 24.2 Å². The van der Waals surface area contributed by atoms with Gasteiger partial charge in [-0.1, -0.05) is 6.07 Å². The number of ether oxygens (including phenoxy) is 3. The Kier molecular flexibility index (Phi) is 6.13. The molecule has 1 aromatic carbocycles. The van der Waals surface area contributed by atoms with Gasteiger partial charge in [0.1, 0.15) is 5.76 Å². The molecule has 1 aliphatic heterocycles. The summed E-state index contributed by atoms with van der Waals surface area (Å²) in [5, 5.41) is 10.9. The zero-order valence-electron chi connectivity index (χ0n) is 16.4. The van der Waals surface area contributed by atoms with E-state index in [0.29, 0.717) is 22.6 Å². The van der Waals surface area contributed by atoms with E-state index in [9.17, 15) is 14.7 Å². The average molecular weight is 398 g/mol. The smallest absolute Gasteiger partial charge is 0.295 e. The number of Topliss-reactive ketones (excluding diaryl/α,β-unsaturated/α-hetero) is 1. The Balaban J connectivity index is 2.18. The second kappa shape index (κ2) is 8.74. The Morgan fingerprint density at radius 1 is 1.07 bits per heavy atom. The molecular formula is C21H22N2O6. The first-order valence-corrected chi connectivity index (χ1v) is 8.93. The molecule has 8 heteroatoms. The van der Waals surface area contributed by atoms with Crippen LogP contribution in [0.4, 0.5) is 0 Å². The minimum atomic E-state index is -0.793. The standard InChI is InChI=1S/C21H22N2O6/c1-27-11-10-23-18(14-4-5-15(28-2)16(12-14)29-3)17(20(25)21(23)26)19(24)13-6-8-22-9-7-13/h4-9,12,18,24H,10-11H2,1-3H3/b19-17-. The normalized spacial score (nSPS) is 18.2. The molecule has 29 heavy (non-hydrogen) atoms. The topological polar surface area (TPSA) is 98.2 Å². The van der Waals surface area contributed by atoms with Crippen molar-refractivity contribution in [1.29, 1.82) is 0 Å². The summed E-state index contributed by atoms with van der Waals surface area (Å²) in [4.78, 5) is 30.9. The number of carbonyl (C=O) groups excluding carboxylic acids is 2. The van der Waals surface area contributed by atoms with E-state index in [1.54, 1.807) is 30.3 Å². The number of hydrogen-bond acceptors (Lipinski definition) is 7. The van der Waals surface area contributed by atoms with Crippen molar-refractivity contribution < 1.29 is 28.9 Å². The van der Waals surface area contributed by atoms with E-state index in [-0.39, 0.29) is 24.5 Å². The minimum absolute atomic E-state index is 0.00419. The van der Waals surface area contributed by atoms with Crippen molar-refractivity contribution in [3.05, 3.63) is 59.4 Å². The molecular weight excluding hydrogens is 376 g/mol. The highest BCUT2D eigenvalue weighted by Gasteiger charge is 2.46. The Morgan fingerprint density at radius 2 is 1.76 bits per heavy atom. The number of amides is 1. The summed E-state index contributed by atoms with van der Waals surface area (Å²) in [5.41, 5.74) is 1.01. The molecule has 0 spiro atoms. The number of rotatable bonds is 7. The van der Waals surface area contributed by atoms with Crippen LogP contribution in [0.15, 0.2) is 48.3 Å². The van der Waals surface area contributed by atoms with E-state index < -0.39 is 17.7 Å². The van der Waals surface area contributed by atoms with Gasteiger partial charge in [0, 0.05) is 31.6 Å². The fraction of sp³-hybridized carbons (Fsp3) is 0.286. The first-order chi connectivity index (χ1) is 14.0. The Bertz CT molecular complexity index is 941. The molecule has 1 fully saturated rings. The van der Waals surface area contributed by atoms with Crippen LogP contribution >= 0.6 is 0 Å². The van der Waals surface area contributed by atoms with Gasteiger partial charge >= 0.3 is 0 Å². The number of aliphatic hydroxyl groups excluding tert-OH is 1. The van der Waals surface area contributed by atoms with Gasteiger partial charge in [-0.05, 0) is 29.8 Å². The summed E-state index contributed by atoms with van der Waals surface area (Å²) >= 11 is 0. The van der Waals surface area contributed by atoms with Crippen LogP contribution in [-0.4, -0.2) is 61.2 Å². The van der Waals surface area contributed by atoms with Gasteiger partial charge in [-0.3, -0.25) is 14.6 Å². The lowest BCUT2D eigenvalue weighted by molar-refractivity contribution is -0.140. The van der Waals surface area contributed by atoms with Crippen molar-refractivity contribution in [3.8, 4) is 11.5 Å². The molecule has 0 bridgehead atoms. The van der Waals surface area contributed by atoms with Crippen molar-refractivity contribution >= 4 is 17.4 Å². The fourth-order valence-electron chi connectivity index (χ4n) is 3.34. The van der Waals surface area contributed by atoms with Crippen LogP contribution in [-0.2, 0) is 14.3 Å². The SMILES string of the molecule is COCCN1C(=O)C(=O)/C(=C(\O)c2ccncc2)C1c1ccc(OC)c(OC)c1. The molecule has 1 N–H and O–H groups in total. The number of ketones is 1. The second-order valence-electron chi connectivity index (χ2n) is 6.34. The van der Waals surface area contributed by atoms with Crippen molar-refractivity contribution in [3.63, 3.8) is 0 Å². The third-order valence-corrected chi connectivity index (χ3v) is 4.75. The van der Waals surface area contributed by atoms with Crippen LogP contribution in [0.3, 0.4) is 0 Å². The Morgan fingerprint density at radius 3 is 2.38 bits per heavy atom. The summed E-state index contributed by atoms with van der Waals surface area (Å²) < 4.78 is 15.7. The van der Waals surface area contributed by atoms with Crippen LogP contribution in [0.1, 0.15) is 17.2 Å². The van der Waals surface area contributed by atoms with Crippen LogP contribution in [0.25, 0.3) is 5.76 Å². The van der Waals surface area contributed by atoms with Crippen LogP contribution in [0.5, 0.6) is 11.5 Å². The first-order valence-electron chi connectivity index (χ1n) is 8.93. The maximum atomic E-state index is 12.8. The molecule has 1 unspecified atom stereocenters. The summed E-state index contributed by atoms with van der Waals surface area (Å²) in [7, 11) is 4.53. The van der Waals surface area contributed by atoms with E-state index in [2.05, 4.69) is 4.98 Å². The molecule has 3 rings (SSSR count). The molecule has 1 atom stereocenters. The number of hydrogen-bond donors (Lipinski definition) is 1. The highest BCUT2D eigenvalue weighted by Crippen LogP contribution is 2.41. The number of aliphatic hydroxyl groups is 1. The first kappa shape index (κ1) is 20.3. The molecule has 0 saturated carbocycles. The lowest BCUT2D eigenvalue weighted by Gasteiger charge is -2.25. The van der Waals surface area contributed by atoms with Crippen molar-refractivity contribution in [1.82, 2.24) is 9.88 Å². The molecule has 1 aromatic heterocycles. The van der Waals surface area contributed by atoms with Gasteiger partial charge in [-0.2, -0.15) is 0 Å². The van der Waals surface area contributed by atoms with E-state index >= 15 is 0 Å². The predicted octanol–water partition coefficient (Wildman–Crippen LogP) is 2.17. The summed E-state index contributed by atoms with van der Waals surface area (Å²) in [6, 6.07) is 7.47. The number of aromatic nitrogens is 1. The van der Waals surface area contributed by atoms with Crippen LogP contribution in [0, 0.1) is 0 Å². The zero-order chi connectivity index (χ0) is 21.0. The van der Waals surface area contributed by atoms with Crippen LogP contribution in [0.2, 0.25) is 0 Å². The van der Waals surface area contributed by atoms with Gasteiger partial charge in [0.15, 0.2) is 11.5 Å². The Hall–Kier alpha value is -3.39. The molecule has 2 aromatic rings. The molecule has 152 valence electrons. The van der Waals surface area contributed by atoms with Gasteiger partial charge in [-0.15, -0.1) is 0 Å². The van der Waals surface area contributed by atoms with Gasteiger partial charge in [0.2, 0.25) is 0 Å². The largest absolute Gasteiger partial charge is 0.507 e. The number of carbonyl (C=O) groups is 2. The number of benzene rings is 1. The van der Waals surface area contributed by atoms with Gasteiger partial charge in [0.05, 0.1) is 32.4 Å². The summed E-state index contributed by atoms with van der Waals surface area (Å²) in [5.74, 6) is -0.747. The highest BCUT2D eigenvalue weighted by atomic mass is 16.5. The van der Waals surface area contributed by atoms with E-state index in [1.165, 1.54) is 38.6 Å². The highest BCUT2D eigenvalue weighted by molar-refractivity contribution is 6.46. The van der Waals surface area contributed by atoms with Crippen LogP contribution < -0.4 is 9.47 Å².